The molecule has 0 heterocycles. The molecule has 1 N–H and O–H groups in total. The molecular weight excluding hydrogens is 438 g/mol. The number of rotatable bonds is 9. The number of carbonyl (C=O) groups excluding carboxylic acids is 1. The van der Waals surface area contributed by atoms with Gasteiger partial charge in [-0.1, -0.05) is 54.5 Å². The number of methoxy groups -OCH3 is 1. The van der Waals surface area contributed by atoms with Crippen LogP contribution in [0.1, 0.15) is 48.8 Å². The summed E-state index contributed by atoms with van der Waals surface area (Å²) in [7, 11) is 1.60. The van der Waals surface area contributed by atoms with Gasteiger partial charge >= 0.3 is 0 Å². The van der Waals surface area contributed by atoms with E-state index in [1.807, 2.05) is 18.2 Å². The van der Waals surface area contributed by atoms with E-state index in [2.05, 4.69) is 17.2 Å². The van der Waals surface area contributed by atoms with Crippen LogP contribution in [0.2, 0.25) is 5.02 Å². The van der Waals surface area contributed by atoms with Crippen LogP contribution in [-0.2, 0) is 9.53 Å². The van der Waals surface area contributed by atoms with Crippen molar-refractivity contribution in [3.8, 4) is 36.2 Å². The Hall–Kier alpha value is -3.12. The molecular formula is C27H28ClNO4. The molecule has 2 aromatic rings. The third-order valence-electron chi connectivity index (χ3n) is 5.76. The summed E-state index contributed by atoms with van der Waals surface area (Å²) in [6.07, 6.45) is 13.8. The number of hydrogen-bond donors (Lipinski definition) is 1. The largest absolute Gasteiger partial charge is 0.493 e. The number of hydrogen-bond acceptors (Lipinski definition) is 4. The number of terminal acetylenes is 2. The molecule has 5 nitrogen and oxygen atoms in total. The van der Waals surface area contributed by atoms with Crippen molar-refractivity contribution >= 4 is 17.5 Å². The summed E-state index contributed by atoms with van der Waals surface area (Å²) in [6.45, 7) is 0.201. The lowest BCUT2D eigenvalue weighted by molar-refractivity contribution is -0.133. The van der Waals surface area contributed by atoms with Crippen LogP contribution in [0.5, 0.6) is 11.5 Å². The Labute approximate surface area is 200 Å². The molecule has 0 radical (unpaired) electrons. The van der Waals surface area contributed by atoms with E-state index in [4.69, 9.17) is 38.7 Å². The molecule has 172 valence electrons. The fourth-order valence-electron chi connectivity index (χ4n) is 4.21. The van der Waals surface area contributed by atoms with Crippen molar-refractivity contribution in [2.24, 2.45) is 0 Å². The molecule has 0 saturated heterocycles. The van der Waals surface area contributed by atoms with Gasteiger partial charge in [-0.05, 0) is 48.2 Å². The van der Waals surface area contributed by atoms with Crippen molar-refractivity contribution in [1.29, 1.82) is 0 Å². The maximum absolute atomic E-state index is 13.3. The van der Waals surface area contributed by atoms with Crippen LogP contribution in [0.25, 0.3) is 0 Å². The first-order valence-electron chi connectivity index (χ1n) is 10.9. The highest BCUT2D eigenvalue weighted by Gasteiger charge is 2.31. The standard InChI is InChI=1S/C27H28ClNO4/c1-4-16-32-24-15-12-20(18-25(24)31-3)22-8-6-7-9-23(22)29-27(30)26(33-17-5-2)19-10-13-21(28)14-11-19/h1-2,10-15,18,22-23,26H,6-9,16-17H2,3H3,(H,29,30). The molecule has 1 aliphatic carbocycles. The van der Waals surface area contributed by atoms with Gasteiger partial charge < -0.3 is 19.5 Å². The third kappa shape index (κ3) is 6.45. The molecule has 0 aliphatic heterocycles. The number of amides is 1. The molecule has 1 aliphatic rings. The van der Waals surface area contributed by atoms with Crippen LogP contribution in [0.4, 0.5) is 0 Å². The van der Waals surface area contributed by atoms with Gasteiger partial charge in [-0.15, -0.1) is 12.8 Å². The first-order valence-corrected chi connectivity index (χ1v) is 11.3. The minimum absolute atomic E-state index is 0.0329. The molecule has 1 fully saturated rings. The quantitative estimate of drug-likeness (QED) is 0.535. The van der Waals surface area contributed by atoms with E-state index < -0.39 is 6.10 Å². The van der Waals surface area contributed by atoms with E-state index in [1.54, 1.807) is 31.4 Å². The minimum atomic E-state index is -0.810. The topological polar surface area (TPSA) is 56.8 Å². The van der Waals surface area contributed by atoms with Gasteiger partial charge in [-0.3, -0.25) is 4.79 Å². The molecule has 6 heteroatoms. The fraction of sp³-hybridized carbons (Fsp3) is 0.370. The summed E-state index contributed by atoms with van der Waals surface area (Å²) >= 11 is 6.00. The Balaban J connectivity index is 1.80. The summed E-state index contributed by atoms with van der Waals surface area (Å²) < 4.78 is 16.8. The Kier molecular flexibility index (Phi) is 9.07. The van der Waals surface area contributed by atoms with Gasteiger partial charge in [0.1, 0.15) is 13.2 Å². The van der Waals surface area contributed by atoms with Gasteiger partial charge in [0.15, 0.2) is 17.6 Å². The second-order valence-corrected chi connectivity index (χ2v) is 8.29. The maximum atomic E-state index is 13.3. The highest BCUT2D eigenvalue weighted by molar-refractivity contribution is 6.30. The monoisotopic (exact) mass is 465 g/mol. The third-order valence-corrected chi connectivity index (χ3v) is 6.02. The zero-order chi connectivity index (χ0) is 23.6. The van der Waals surface area contributed by atoms with Crippen molar-refractivity contribution in [3.05, 3.63) is 58.6 Å². The SMILES string of the molecule is C#CCOc1ccc(C2CCCCC2NC(=O)C(OCC#C)c2ccc(Cl)cc2)cc1OC. The van der Waals surface area contributed by atoms with Crippen LogP contribution in [0, 0.1) is 24.7 Å². The molecule has 1 saturated carbocycles. The number of benzene rings is 2. The second kappa shape index (κ2) is 12.2. The average Bonchev–Trinajstić information content (AvgIpc) is 2.84. The van der Waals surface area contributed by atoms with Gasteiger partial charge in [-0.25, -0.2) is 0 Å². The van der Waals surface area contributed by atoms with E-state index in [0.29, 0.717) is 22.1 Å². The number of halogens is 1. The predicted molar refractivity (Wildman–Crippen MR) is 129 cm³/mol. The summed E-state index contributed by atoms with van der Waals surface area (Å²) in [5.74, 6) is 6.03. The summed E-state index contributed by atoms with van der Waals surface area (Å²) in [5.41, 5.74) is 1.79. The van der Waals surface area contributed by atoms with E-state index in [-0.39, 0.29) is 31.1 Å². The lowest BCUT2D eigenvalue weighted by Gasteiger charge is -2.34. The van der Waals surface area contributed by atoms with Gasteiger partial charge in [0.25, 0.3) is 5.91 Å². The highest BCUT2D eigenvalue weighted by Crippen LogP contribution is 2.38. The molecule has 33 heavy (non-hydrogen) atoms. The van der Waals surface area contributed by atoms with Crippen molar-refractivity contribution in [2.45, 2.75) is 43.7 Å². The van der Waals surface area contributed by atoms with Gasteiger partial charge in [0, 0.05) is 17.0 Å². The minimum Gasteiger partial charge on any atom is -0.493 e. The number of carbonyl (C=O) groups is 1. The molecule has 0 aromatic heterocycles. The lowest BCUT2D eigenvalue weighted by Crippen LogP contribution is -2.43. The highest BCUT2D eigenvalue weighted by atomic mass is 35.5. The van der Waals surface area contributed by atoms with Crippen molar-refractivity contribution in [2.75, 3.05) is 20.3 Å². The zero-order valence-corrected chi connectivity index (χ0v) is 19.4. The molecule has 1 amide bonds. The van der Waals surface area contributed by atoms with Gasteiger partial charge in [0.05, 0.1) is 7.11 Å². The summed E-state index contributed by atoms with van der Waals surface area (Å²) in [4.78, 5) is 13.3. The maximum Gasteiger partial charge on any atom is 0.254 e. The Morgan fingerprint density at radius 2 is 1.82 bits per heavy atom. The lowest BCUT2D eigenvalue weighted by atomic mass is 9.79. The Bertz CT molecular complexity index is 1020. The van der Waals surface area contributed by atoms with Crippen LogP contribution < -0.4 is 14.8 Å². The first kappa shape index (κ1) is 24.5. The van der Waals surface area contributed by atoms with Crippen LogP contribution in [0.15, 0.2) is 42.5 Å². The molecule has 0 bridgehead atoms. The van der Waals surface area contributed by atoms with Crippen LogP contribution >= 0.6 is 11.6 Å². The molecule has 2 aromatic carbocycles. The first-order chi connectivity index (χ1) is 16.1. The normalized spacial score (nSPS) is 18.4. The fourth-order valence-corrected chi connectivity index (χ4v) is 4.33. The van der Waals surface area contributed by atoms with E-state index in [9.17, 15) is 4.79 Å². The zero-order valence-electron chi connectivity index (χ0n) is 18.7. The van der Waals surface area contributed by atoms with Crippen molar-refractivity contribution < 1.29 is 19.0 Å². The molecule has 3 unspecified atom stereocenters. The van der Waals surface area contributed by atoms with E-state index in [0.717, 1.165) is 31.2 Å². The number of ether oxygens (including phenoxy) is 3. The molecule has 3 atom stereocenters. The van der Waals surface area contributed by atoms with Crippen LogP contribution in [0.3, 0.4) is 0 Å². The molecule has 0 spiro atoms. The molecule has 3 rings (SSSR count). The van der Waals surface area contributed by atoms with E-state index in [1.165, 1.54) is 0 Å². The number of nitrogens with one attached hydrogen (secondary N) is 1. The Morgan fingerprint density at radius 3 is 2.52 bits per heavy atom. The van der Waals surface area contributed by atoms with Gasteiger partial charge in [0.2, 0.25) is 0 Å². The average molecular weight is 466 g/mol. The van der Waals surface area contributed by atoms with Crippen molar-refractivity contribution in [1.82, 2.24) is 5.32 Å². The van der Waals surface area contributed by atoms with Crippen molar-refractivity contribution in [3.63, 3.8) is 0 Å². The smallest absolute Gasteiger partial charge is 0.254 e. The summed E-state index contributed by atoms with van der Waals surface area (Å²) in [6, 6.07) is 12.8. The Morgan fingerprint density at radius 1 is 1.09 bits per heavy atom. The van der Waals surface area contributed by atoms with E-state index >= 15 is 0 Å². The predicted octanol–water partition coefficient (Wildman–Crippen LogP) is 4.89. The van der Waals surface area contributed by atoms with Crippen LogP contribution in [-0.4, -0.2) is 32.3 Å². The van der Waals surface area contributed by atoms with Gasteiger partial charge in [-0.2, -0.15) is 0 Å². The second-order valence-electron chi connectivity index (χ2n) is 7.86. The summed E-state index contributed by atoms with van der Waals surface area (Å²) in [5, 5.41) is 3.80.